The van der Waals surface area contributed by atoms with Gasteiger partial charge < -0.3 is 5.73 Å². The third-order valence-corrected chi connectivity index (χ3v) is 5.01. The van der Waals surface area contributed by atoms with Gasteiger partial charge in [0, 0.05) is 9.61 Å². The van der Waals surface area contributed by atoms with Gasteiger partial charge in [0.1, 0.15) is 0 Å². The Kier molecular flexibility index (Phi) is 4.87. The van der Waals surface area contributed by atoms with Crippen molar-refractivity contribution >= 4 is 34.2 Å². The molecule has 0 heterocycles. The molecular weight excluding hydrogens is 369 g/mol. The molecule has 3 heteroatoms. The molecule has 2 N–H and O–H groups in total. The Labute approximate surface area is 133 Å². The fraction of sp³-hybridized carbons (Fsp3) is 0.250. The van der Waals surface area contributed by atoms with E-state index in [1.54, 1.807) is 0 Å². The van der Waals surface area contributed by atoms with Crippen molar-refractivity contribution in [3.8, 4) is 0 Å². The lowest BCUT2D eigenvalue weighted by Gasteiger charge is -2.16. The molecular formula is C16H17ClIN. The molecule has 0 aliphatic heterocycles. The van der Waals surface area contributed by atoms with Crippen LogP contribution in [0.1, 0.15) is 28.3 Å². The van der Waals surface area contributed by atoms with Crippen molar-refractivity contribution in [2.24, 2.45) is 5.73 Å². The van der Waals surface area contributed by atoms with Crippen molar-refractivity contribution in [3.63, 3.8) is 0 Å². The van der Waals surface area contributed by atoms with Crippen LogP contribution >= 0.6 is 34.2 Å². The van der Waals surface area contributed by atoms with Crippen LogP contribution in [0.4, 0.5) is 0 Å². The van der Waals surface area contributed by atoms with E-state index in [1.165, 1.54) is 16.7 Å². The first kappa shape index (κ1) is 14.8. The first-order chi connectivity index (χ1) is 8.99. The summed E-state index contributed by atoms with van der Waals surface area (Å²) in [6, 6.07) is 12.4. The average Bonchev–Trinajstić information content (AvgIpc) is 2.37. The van der Waals surface area contributed by atoms with Gasteiger partial charge in [0.2, 0.25) is 0 Å². The number of nitrogens with two attached hydrogens (primary N) is 1. The standard InChI is InChI=1S/C16H17ClIN/c1-10-4-3-5-11(2)13(10)9-16(19)12-6-7-15(18)14(17)8-12/h3-8,16H,9,19H2,1-2H3. The van der Waals surface area contributed by atoms with E-state index in [0.29, 0.717) is 0 Å². The molecule has 2 aromatic carbocycles. The van der Waals surface area contributed by atoms with Crippen molar-refractivity contribution in [1.82, 2.24) is 0 Å². The van der Waals surface area contributed by atoms with Crippen molar-refractivity contribution in [2.45, 2.75) is 26.3 Å². The molecule has 0 spiro atoms. The fourth-order valence-electron chi connectivity index (χ4n) is 2.25. The van der Waals surface area contributed by atoms with Crippen molar-refractivity contribution in [1.29, 1.82) is 0 Å². The number of benzene rings is 2. The molecule has 2 aromatic rings. The molecule has 0 fully saturated rings. The maximum Gasteiger partial charge on any atom is 0.0542 e. The van der Waals surface area contributed by atoms with Crippen LogP contribution in [0.25, 0.3) is 0 Å². The molecule has 1 atom stereocenters. The van der Waals surface area contributed by atoms with Crippen LogP contribution in [0, 0.1) is 17.4 Å². The Morgan fingerprint density at radius 1 is 1.16 bits per heavy atom. The van der Waals surface area contributed by atoms with Crippen LogP contribution < -0.4 is 5.73 Å². The molecule has 0 aliphatic rings. The smallest absolute Gasteiger partial charge is 0.0542 e. The second-order valence-electron chi connectivity index (χ2n) is 4.85. The number of hydrogen-bond acceptors (Lipinski definition) is 1. The SMILES string of the molecule is Cc1cccc(C)c1CC(N)c1ccc(I)c(Cl)c1. The van der Waals surface area contributed by atoms with Crippen LogP contribution in [-0.4, -0.2) is 0 Å². The molecule has 1 nitrogen and oxygen atoms in total. The first-order valence-electron chi connectivity index (χ1n) is 6.24. The van der Waals surface area contributed by atoms with Gasteiger partial charge in [-0.1, -0.05) is 35.9 Å². The van der Waals surface area contributed by atoms with Gasteiger partial charge >= 0.3 is 0 Å². The van der Waals surface area contributed by atoms with Gasteiger partial charge in [0.25, 0.3) is 0 Å². The van der Waals surface area contributed by atoms with E-state index in [-0.39, 0.29) is 6.04 Å². The second-order valence-corrected chi connectivity index (χ2v) is 6.42. The summed E-state index contributed by atoms with van der Waals surface area (Å²) in [7, 11) is 0. The van der Waals surface area contributed by atoms with Gasteiger partial charge in [-0.25, -0.2) is 0 Å². The maximum absolute atomic E-state index is 6.32. The molecule has 0 amide bonds. The molecule has 0 aromatic heterocycles. The Morgan fingerprint density at radius 3 is 2.37 bits per heavy atom. The Balaban J connectivity index is 2.25. The molecule has 0 bridgehead atoms. The highest BCUT2D eigenvalue weighted by Crippen LogP contribution is 2.25. The highest BCUT2D eigenvalue weighted by molar-refractivity contribution is 14.1. The maximum atomic E-state index is 6.32. The molecule has 19 heavy (non-hydrogen) atoms. The third-order valence-electron chi connectivity index (χ3n) is 3.44. The minimum atomic E-state index is -0.0192. The molecule has 1 unspecified atom stereocenters. The van der Waals surface area contributed by atoms with E-state index in [0.717, 1.165) is 20.6 Å². The number of halogens is 2. The zero-order valence-corrected chi connectivity index (χ0v) is 14.0. The van der Waals surface area contributed by atoms with E-state index >= 15 is 0 Å². The van der Waals surface area contributed by atoms with Gasteiger partial charge in [-0.3, -0.25) is 0 Å². The lowest BCUT2D eigenvalue weighted by atomic mass is 9.93. The van der Waals surface area contributed by atoms with Gasteiger partial charge in [0.15, 0.2) is 0 Å². The highest BCUT2D eigenvalue weighted by Gasteiger charge is 2.11. The Bertz CT molecular complexity index is 575. The Morgan fingerprint density at radius 2 is 1.79 bits per heavy atom. The molecule has 0 saturated heterocycles. The van der Waals surface area contributed by atoms with Crippen LogP contribution in [-0.2, 0) is 6.42 Å². The largest absolute Gasteiger partial charge is 0.324 e. The van der Waals surface area contributed by atoms with Crippen LogP contribution in [0.2, 0.25) is 5.02 Å². The van der Waals surface area contributed by atoms with E-state index < -0.39 is 0 Å². The van der Waals surface area contributed by atoms with Gasteiger partial charge in [-0.15, -0.1) is 0 Å². The lowest BCUT2D eigenvalue weighted by molar-refractivity contribution is 0.715. The molecule has 0 saturated carbocycles. The first-order valence-corrected chi connectivity index (χ1v) is 7.70. The molecule has 0 aliphatic carbocycles. The van der Waals surface area contributed by atoms with Crippen LogP contribution in [0.3, 0.4) is 0 Å². The zero-order chi connectivity index (χ0) is 14.0. The minimum absolute atomic E-state index is 0.0192. The third kappa shape index (κ3) is 3.50. The predicted molar refractivity (Wildman–Crippen MR) is 90.7 cm³/mol. The summed E-state index contributed by atoms with van der Waals surface area (Å²) in [5, 5.41) is 0.773. The van der Waals surface area contributed by atoms with E-state index in [4.69, 9.17) is 17.3 Å². The van der Waals surface area contributed by atoms with E-state index in [1.807, 2.05) is 12.1 Å². The summed E-state index contributed by atoms with van der Waals surface area (Å²) in [5.41, 5.74) is 11.3. The minimum Gasteiger partial charge on any atom is -0.324 e. The van der Waals surface area contributed by atoms with Gasteiger partial charge in [0.05, 0.1) is 5.02 Å². The monoisotopic (exact) mass is 385 g/mol. The molecule has 0 radical (unpaired) electrons. The van der Waals surface area contributed by atoms with Crippen molar-refractivity contribution in [3.05, 3.63) is 67.2 Å². The normalized spacial score (nSPS) is 12.5. The Hall–Kier alpha value is -0.580. The van der Waals surface area contributed by atoms with E-state index in [2.05, 4.69) is 60.7 Å². The fourth-order valence-corrected chi connectivity index (χ4v) is 2.78. The highest BCUT2D eigenvalue weighted by atomic mass is 127. The summed E-state index contributed by atoms with van der Waals surface area (Å²) in [5.74, 6) is 0. The van der Waals surface area contributed by atoms with Crippen LogP contribution in [0.5, 0.6) is 0 Å². The molecule has 2 rings (SSSR count). The average molecular weight is 386 g/mol. The summed E-state index contributed by atoms with van der Waals surface area (Å²) >= 11 is 8.39. The second kappa shape index (κ2) is 6.25. The number of aryl methyl sites for hydroxylation is 2. The van der Waals surface area contributed by atoms with Gasteiger partial charge in [-0.2, -0.15) is 0 Å². The predicted octanol–water partition coefficient (Wildman–Crippen LogP) is 4.80. The van der Waals surface area contributed by atoms with Crippen LogP contribution in [0.15, 0.2) is 36.4 Å². The number of rotatable bonds is 3. The lowest BCUT2D eigenvalue weighted by Crippen LogP contribution is -2.14. The molecule has 100 valence electrons. The summed E-state index contributed by atoms with van der Waals surface area (Å²) in [6.07, 6.45) is 0.843. The number of hydrogen-bond donors (Lipinski definition) is 1. The topological polar surface area (TPSA) is 26.0 Å². The van der Waals surface area contributed by atoms with Gasteiger partial charge in [-0.05, 0) is 77.2 Å². The van der Waals surface area contributed by atoms with E-state index in [9.17, 15) is 0 Å². The quantitative estimate of drug-likeness (QED) is 0.754. The summed E-state index contributed by atoms with van der Waals surface area (Å²) in [6.45, 7) is 4.27. The summed E-state index contributed by atoms with van der Waals surface area (Å²) in [4.78, 5) is 0. The zero-order valence-electron chi connectivity index (χ0n) is 11.1. The van der Waals surface area contributed by atoms with Crippen molar-refractivity contribution < 1.29 is 0 Å². The van der Waals surface area contributed by atoms with Crippen molar-refractivity contribution in [2.75, 3.05) is 0 Å². The summed E-state index contributed by atoms with van der Waals surface area (Å²) < 4.78 is 1.06.